The van der Waals surface area contributed by atoms with E-state index in [9.17, 15) is 9.18 Å². The highest BCUT2D eigenvalue weighted by atomic mass is 19.1. The number of hydrogen-bond acceptors (Lipinski definition) is 1. The third-order valence-corrected chi connectivity index (χ3v) is 2.53. The number of amides is 2. The molecule has 0 aliphatic rings. The molecular weight excluding hydrogens is 219 g/mol. The molecule has 94 valence electrons. The van der Waals surface area contributed by atoms with Gasteiger partial charge in [-0.15, -0.1) is 0 Å². The van der Waals surface area contributed by atoms with E-state index in [1.54, 1.807) is 19.1 Å². The first-order valence-corrected chi connectivity index (χ1v) is 5.86. The molecule has 1 rings (SSSR count). The van der Waals surface area contributed by atoms with Crippen molar-refractivity contribution in [3.05, 3.63) is 29.6 Å². The monoisotopic (exact) mass is 238 g/mol. The van der Waals surface area contributed by atoms with Crippen LogP contribution in [0.15, 0.2) is 18.2 Å². The van der Waals surface area contributed by atoms with Crippen LogP contribution in [0.3, 0.4) is 0 Å². The van der Waals surface area contributed by atoms with E-state index in [1.165, 1.54) is 6.07 Å². The van der Waals surface area contributed by atoms with Crippen molar-refractivity contribution in [2.75, 3.05) is 5.32 Å². The lowest BCUT2D eigenvalue weighted by atomic mass is 10.2. The number of anilines is 1. The van der Waals surface area contributed by atoms with Gasteiger partial charge < -0.3 is 10.6 Å². The molecule has 4 heteroatoms. The summed E-state index contributed by atoms with van der Waals surface area (Å²) in [7, 11) is 0. The predicted molar refractivity (Wildman–Crippen MR) is 67.7 cm³/mol. The fourth-order valence-corrected chi connectivity index (χ4v) is 1.57. The normalized spacial score (nSPS) is 12.0. The fraction of sp³-hybridized carbons (Fsp3) is 0.462. The lowest BCUT2D eigenvalue weighted by Crippen LogP contribution is -2.35. The molecule has 0 saturated heterocycles. The van der Waals surface area contributed by atoms with Crippen LogP contribution in [-0.4, -0.2) is 12.1 Å². The van der Waals surface area contributed by atoms with Crippen LogP contribution >= 0.6 is 0 Å². The quantitative estimate of drug-likeness (QED) is 0.828. The molecule has 0 spiro atoms. The van der Waals surface area contributed by atoms with Gasteiger partial charge in [0.05, 0.1) is 0 Å². The number of nitrogens with one attached hydrogen (secondary N) is 2. The minimum atomic E-state index is -0.315. The summed E-state index contributed by atoms with van der Waals surface area (Å²) in [5.41, 5.74) is 1.03. The van der Waals surface area contributed by atoms with Crippen molar-refractivity contribution >= 4 is 11.7 Å². The van der Waals surface area contributed by atoms with Crippen molar-refractivity contribution in [2.45, 2.75) is 39.7 Å². The molecule has 1 aromatic rings. The average molecular weight is 238 g/mol. The molecule has 2 amide bonds. The van der Waals surface area contributed by atoms with Crippen LogP contribution in [0.25, 0.3) is 0 Å². The van der Waals surface area contributed by atoms with Gasteiger partial charge in [0.1, 0.15) is 5.82 Å². The number of carbonyl (C=O) groups is 1. The van der Waals surface area contributed by atoms with E-state index in [2.05, 4.69) is 17.6 Å². The second-order valence-corrected chi connectivity index (χ2v) is 4.25. The first kappa shape index (κ1) is 13.5. The lowest BCUT2D eigenvalue weighted by molar-refractivity contribution is 0.248. The molecule has 0 heterocycles. The summed E-state index contributed by atoms with van der Waals surface area (Å²) in [5.74, 6) is -0.315. The van der Waals surface area contributed by atoms with Gasteiger partial charge in [0, 0.05) is 11.7 Å². The van der Waals surface area contributed by atoms with E-state index < -0.39 is 0 Å². The minimum Gasteiger partial charge on any atom is -0.335 e. The molecule has 0 saturated carbocycles. The summed E-state index contributed by atoms with van der Waals surface area (Å²) in [6.45, 7) is 5.69. The SMILES string of the molecule is CCCC(C)NC(=O)Nc1ccc(C)c(F)c1. The van der Waals surface area contributed by atoms with Crippen LogP contribution in [0.1, 0.15) is 32.3 Å². The summed E-state index contributed by atoms with van der Waals surface area (Å²) in [6.07, 6.45) is 1.94. The summed E-state index contributed by atoms with van der Waals surface area (Å²) in [5, 5.41) is 5.40. The van der Waals surface area contributed by atoms with Crippen molar-refractivity contribution in [3.8, 4) is 0 Å². The second kappa shape index (κ2) is 6.23. The van der Waals surface area contributed by atoms with Gasteiger partial charge >= 0.3 is 6.03 Å². The van der Waals surface area contributed by atoms with Crippen molar-refractivity contribution in [3.63, 3.8) is 0 Å². The zero-order valence-corrected chi connectivity index (χ0v) is 10.5. The predicted octanol–water partition coefficient (Wildman–Crippen LogP) is 3.44. The maximum absolute atomic E-state index is 13.2. The summed E-state index contributed by atoms with van der Waals surface area (Å²) >= 11 is 0. The zero-order chi connectivity index (χ0) is 12.8. The highest BCUT2D eigenvalue weighted by Gasteiger charge is 2.07. The Hall–Kier alpha value is -1.58. The Kier molecular flexibility index (Phi) is 4.94. The number of benzene rings is 1. The Morgan fingerprint density at radius 3 is 2.76 bits per heavy atom. The number of rotatable bonds is 4. The second-order valence-electron chi connectivity index (χ2n) is 4.25. The van der Waals surface area contributed by atoms with Crippen molar-refractivity contribution < 1.29 is 9.18 Å². The Morgan fingerprint density at radius 2 is 2.18 bits per heavy atom. The van der Waals surface area contributed by atoms with E-state index in [4.69, 9.17) is 0 Å². The molecule has 1 aromatic carbocycles. The van der Waals surface area contributed by atoms with Gasteiger partial charge in [0.25, 0.3) is 0 Å². The Morgan fingerprint density at radius 1 is 1.47 bits per heavy atom. The van der Waals surface area contributed by atoms with Crippen LogP contribution in [-0.2, 0) is 0 Å². The van der Waals surface area contributed by atoms with E-state index in [0.29, 0.717) is 11.3 Å². The van der Waals surface area contributed by atoms with E-state index in [1.807, 2.05) is 6.92 Å². The molecule has 0 aromatic heterocycles. The van der Waals surface area contributed by atoms with Gasteiger partial charge in [-0.2, -0.15) is 0 Å². The van der Waals surface area contributed by atoms with Crippen molar-refractivity contribution in [1.82, 2.24) is 5.32 Å². The molecule has 1 unspecified atom stereocenters. The zero-order valence-electron chi connectivity index (χ0n) is 10.5. The van der Waals surface area contributed by atoms with Gasteiger partial charge in [0.15, 0.2) is 0 Å². The van der Waals surface area contributed by atoms with Crippen LogP contribution in [0.2, 0.25) is 0 Å². The molecule has 0 radical (unpaired) electrons. The van der Waals surface area contributed by atoms with E-state index in [0.717, 1.165) is 12.8 Å². The first-order chi connectivity index (χ1) is 8.02. The van der Waals surface area contributed by atoms with Gasteiger partial charge in [0.2, 0.25) is 0 Å². The smallest absolute Gasteiger partial charge is 0.319 e. The van der Waals surface area contributed by atoms with E-state index in [-0.39, 0.29) is 17.9 Å². The fourth-order valence-electron chi connectivity index (χ4n) is 1.57. The summed E-state index contributed by atoms with van der Waals surface area (Å²) in [4.78, 5) is 11.5. The highest BCUT2D eigenvalue weighted by molar-refractivity contribution is 5.89. The molecule has 0 fully saturated rings. The number of urea groups is 1. The number of carbonyl (C=O) groups excluding carboxylic acids is 1. The van der Waals surface area contributed by atoms with Crippen LogP contribution in [0, 0.1) is 12.7 Å². The van der Waals surface area contributed by atoms with Crippen LogP contribution < -0.4 is 10.6 Å². The summed E-state index contributed by atoms with van der Waals surface area (Å²) < 4.78 is 13.2. The minimum absolute atomic E-state index is 0.121. The van der Waals surface area contributed by atoms with Crippen LogP contribution in [0.5, 0.6) is 0 Å². The van der Waals surface area contributed by atoms with Gasteiger partial charge in [-0.1, -0.05) is 19.4 Å². The Labute approximate surface area is 101 Å². The van der Waals surface area contributed by atoms with Crippen molar-refractivity contribution in [1.29, 1.82) is 0 Å². The lowest BCUT2D eigenvalue weighted by Gasteiger charge is -2.13. The molecule has 0 aliphatic heterocycles. The van der Waals surface area contributed by atoms with Crippen molar-refractivity contribution in [2.24, 2.45) is 0 Å². The Bertz CT molecular complexity index is 393. The molecule has 0 bridgehead atoms. The molecule has 17 heavy (non-hydrogen) atoms. The number of halogens is 1. The first-order valence-electron chi connectivity index (χ1n) is 5.86. The van der Waals surface area contributed by atoms with Gasteiger partial charge in [-0.05, 0) is 38.0 Å². The standard InChI is InChI=1S/C13H19FN2O/c1-4-5-10(3)15-13(17)16-11-7-6-9(2)12(14)8-11/h6-8,10H,4-5H2,1-3H3,(H2,15,16,17). The average Bonchev–Trinajstić information content (AvgIpc) is 2.23. The maximum Gasteiger partial charge on any atom is 0.319 e. The third-order valence-electron chi connectivity index (χ3n) is 2.53. The van der Waals surface area contributed by atoms with Crippen LogP contribution in [0.4, 0.5) is 14.9 Å². The molecule has 3 nitrogen and oxygen atoms in total. The maximum atomic E-state index is 13.2. The Balaban J connectivity index is 2.53. The van der Waals surface area contributed by atoms with Gasteiger partial charge in [-0.3, -0.25) is 0 Å². The topological polar surface area (TPSA) is 41.1 Å². The molecular formula is C13H19FN2O. The highest BCUT2D eigenvalue weighted by Crippen LogP contribution is 2.13. The molecule has 1 atom stereocenters. The third kappa shape index (κ3) is 4.43. The summed E-state index contributed by atoms with van der Waals surface area (Å²) in [6, 6.07) is 4.46. The molecule has 0 aliphatic carbocycles. The number of aryl methyl sites for hydroxylation is 1. The van der Waals surface area contributed by atoms with Gasteiger partial charge in [-0.25, -0.2) is 9.18 Å². The largest absolute Gasteiger partial charge is 0.335 e. The number of hydrogen-bond donors (Lipinski definition) is 2. The molecule has 2 N–H and O–H groups in total. The van der Waals surface area contributed by atoms with E-state index >= 15 is 0 Å².